The fourth-order valence-corrected chi connectivity index (χ4v) is 2.27. The van der Waals surface area contributed by atoms with Gasteiger partial charge in [0.15, 0.2) is 0 Å². The van der Waals surface area contributed by atoms with Crippen LogP contribution in [-0.2, 0) is 15.1 Å². The highest BCUT2D eigenvalue weighted by molar-refractivity contribution is 14.1. The summed E-state index contributed by atoms with van der Waals surface area (Å²) in [5.41, 5.74) is 0.884. The molecule has 18 heavy (non-hydrogen) atoms. The molecule has 0 amide bonds. The SMILES string of the molecule is CC(C)(C)OCCOC(C)(CI)c1ccccc1. The number of rotatable bonds is 6. The molecule has 1 atom stereocenters. The smallest absolute Gasteiger partial charge is 0.0993 e. The predicted octanol–water partition coefficient (Wildman–Crippen LogP) is 4.17. The minimum absolute atomic E-state index is 0.100. The normalized spacial score (nSPS) is 15.4. The van der Waals surface area contributed by atoms with Gasteiger partial charge < -0.3 is 9.47 Å². The molecule has 0 spiro atoms. The van der Waals surface area contributed by atoms with E-state index in [-0.39, 0.29) is 11.2 Å². The fraction of sp³-hybridized carbons (Fsp3) is 0.600. The Morgan fingerprint density at radius 2 is 1.50 bits per heavy atom. The maximum atomic E-state index is 6.03. The van der Waals surface area contributed by atoms with Crippen LogP contribution >= 0.6 is 22.6 Å². The van der Waals surface area contributed by atoms with E-state index in [0.29, 0.717) is 13.2 Å². The van der Waals surface area contributed by atoms with Crippen LogP contribution < -0.4 is 0 Å². The molecule has 0 N–H and O–H groups in total. The Morgan fingerprint density at radius 3 is 2.00 bits per heavy atom. The number of halogens is 1. The molecule has 0 aliphatic heterocycles. The lowest BCUT2D eigenvalue weighted by Crippen LogP contribution is -2.31. The van der Waals surface area contributed by atoms with Crippen molar-refractivity contribution in [2.75, 3.05) is 17.6 Å². The minimum Gasteiger partial charge on any atom is -0.373 e. The van der Waals surface area contributed by atoms with Crippen molar-refractivity contribution in [1.82, 2.24) is 0 Å². The molecule has 0 aromatic heterocycles. The topological polar surface area (TPSA) is 18.5 Å². The molecular formula is C15H23IO2. The van der Waals surface area contributed by atoms with Crippen LogP contribution in [0.2, 0.25) is 0 Å². The van der Waals surface area contributed by atoms with Crippen LogP contribution in [-0.4, -0.2) is 23.2 Å². The average molecular weight is 362 g/mol. The van der Waals surface area contributed by atoms with Crippen LogP contribution in [0.1, 0.15) is 33.3 Å². The first-order valence-electron chi connectivity index (χ1n) is 6.27. The average Bonchev–Trinajstić information content (AvgIpc) is 2.34. The van der Waals surface area contributed by atoms with E-state index >= 15 is 0 Å². The van der Waals surface area contributed by atoms with Gasteiger partial charge in [0.25, 0.3) is 0 Å². The molecule has 0 saturated carbocycles. The number of ether oxygens (including phenoxy) is 2. The van der Waals surface area contributed by atoms with Gasteiger partial charge in [-0.25, -0.2) is 0 Å². The van der Waals surface area contributed by atoms with E-state index in [1.807, 2.05) is 6.07 Å². The summed E-state index contributed by atoms with van der Waals surface area (Å²) < 4.78 is 12.6. The van der Waals surface area contributed by atoms with Gasteiger partial charge in [0.2, 0.25) is 0 Å². The molecule has 0 aliphatic carbocycles. The van der Waals surface area contributed by atoms with Crippen molar-refractivity contribution in [3.8, 4) is 0 Å². The van der Waals surface area contributed by atoms with Crippen molar-refractivity contribution >= 4 is 22.6 Å². The van der Waals surface area contributed by atoms with Crippen LogP contribution in [0.4, 0.5) is 0 Å². The first kappa shape index (κ1) is 15.9. The standard InChI is InChI=1S/C15H23IO2/c1-14(2,3)17-10-11-18-15(4,12-16)13-8-6-5-7-9-13/h5-9H,10-12H2,1-4H3. The molecular weight excluding hydrogens is 339 g/mol. The number of hydrogen-bond donors (Lipinski definition) is 0. The third-order valence-corrected chi connectivity index (χ3v) is 4.13. The lowest BCUT2D eigenvalue weighted by atomic mass is 9.98. The molecule has 0 fully saturated rings. The van der Waals surface area contributed by atoms with Gasteiger partial charge in [0.05, 0.1) is 24.4 Å². The molecule has 0 bridgehead atoms. The van der Waals surface area contributed by atoms with E-state index < -0.39 is 0 Å². The molecule has 0 saturated heterocycles. The highest BCUT2D eigenvalue weighted by Gasteiger charge is 2.26. The minimum atomic E-state index is -0.233. The van der Waals surface area contributed by atoms with E-state index in [9.17, 15) is 0 Å². The number of hydrogen-bond acceptors (Lipinski definition) is 2. The first-order chi connectivity index (χ1) is 8.37. The molecule has 1 aromatic carbocycles. The Hall–Kier alpha value is -0.130. The Bertz CT molecular complexity index is 345. The molecule has 102 valence electrons. The van der Waals surface area contributed by atoms with Crippen molar-refractivity contribution in [3.05, 3.63) is 35.9 Å². The van der Waals surface area contributed by atoms with E-state index in [1.165, 1.54) is 5.56 Å². The molecule has 2 nitrogen and oxygen atoms in total. The van der Waals surface area contributed by atoms with Gasteiger partial charge in [-0.15, -0.1) is 0 Å². The van der Waals surface area contributed by atoms with Gasteiger partial charge in [0.1, 0.15) is 0 Å². The van der Waals surface area contributed by atoms with Crippen LogP contribution in [0.15, 0.2) is 30.3 Å². The van der Waals surface area contributed by atoms with Gasteiger partial charge >= 0.3 is 0 Å². The molecule has 1 unspecified atom stereocenters. The highest BCUT2D eigenvalue weighted by atomic mass is 127. The summed E-state index contributed by atoms with van der Waals surface area (Å²) in [5.74, 6) is 0. The van der Waals surface area contributed by atoms with Crippen molar-refractivity contribution < 1.29 is 9.47 Å². The summed E-state index contributed by atoms with van der Waals surface area (Å²) in [6.45, 7) is 9.55. The molecule has 0 aliphatic rings. The molecule has 1 rings (SSSR count). The van der Waals surface area contributed by atoms with Gasteiger partial charge in [-0.1, -0.05) is 52.9 Å². The van der Waals surface area contributed by atoms with Gasteiger partial charge in [-0.2, -0.15) is 0 Å². The second kappa shape index (κ2) is 6.87. The summed E-state index contributed by atoms with van der Waals surface area (Å²) >= 11 is 2.37. The van der Waals surface area contributed by atoms with Crippen LogP contribution in [0.5, 0.6) is 0 Å². The highest BCUT2D eigenvalue weighted by Crippen LogP contribution is 2.27. The third kappa shape index (κ3) is 5.24. The Kier molecular flexibility index (Phi) is 6.08. The fourth-order valence-electron chi connectivity index (χ4n) is 1.60. The van der Waals surface area contributed by atoms with Gasteiger partial charge in [-0.3, -0.25) is 0 Å². The van der Waals surface area contributed by atoms with E-state index in [4.69, 9.17) is 9.47 Å². The number of benzene rings is 1. The summed E-state index contributed by atoms with van der Waals surface area (Å²) in [7, 11) is 0. The quantitative estimate of drug-likeness (QED) is 0.430. The Balaban J connectivity index is 2.52. The Morgan fingerprint density at radius 1 is 0.944 bits per heavy atom. The van der Waals surface area contributed by atoms with E-state index in [2.05, 4.69) is 74.6 Å². The maximum absolute atomic E-state index is 6.03. The predicted molar refractivity (Wildman–Crippen MR) is 84.3 cm³/mol. The summed E-state index contributed by atoms with van der Waals surface area (Å²) in [5, 5.41) is 0. The molecule has 3 heteroatoms. The van der Waals surface area contributed by atoms with Gasteiger partial charge in [0, 0.05) is 4.43 Å². The lowest BCUT2D eigenvalue weighted by molar-refractivity contribution is -0.0781. The molecule has 0 heterocycles. The Labute approximate surface area is 124 Å². The second-order valence-corrected chi connectivity index (χ2v) is 6.30. The van der Waals surface area contributed by atoms with Crippen LogP contribution in [0, 0.1) is 0 Å². The summed E-state index contributed by atoms with van der Waals surface area (Å²) in [6, 6.07) is 10.4. The monoisotopic (exact) mass is 362 g/mol. The van der Waals surface area contributed by atoms with Crippen molar-refractivity contribution in [2.24, 2.45) is 0 Å². The molecule has 0 radical (unpaired) electrons. The van der Waals surface area contributed by atoms with Crippen molar-refractivity contribution in [1.29, 1.82) is 0 Å². The van der Waals surface area contributed by atoms with Crippen molar-refractivity contribution in [3.63, 3.8) is 0 Å². The lowest BCUT2D eigenvalue weighted by Gasteiger charge is -2.29. The van der Waals surface area contributed by atoms with E-state index in [1.54, 1.807) is 0 Å². The number of alkyl halides is 1. The molecule has 1 aromatic rings. The van der Waals surface area contributed by atoms with E-state index in [0.717, 1.165) is 4.43 Å². The van der Waals surface area contributed by atoms with Crippen molar-refractivity contribution in [2.45, 2.75) is 38.9 Å². The van der Waals surface area contributed by atoms with Gasteiger partial charge in [-0.05, 0) is 33.3 Å². The van der Waals surface area contributed by atoms with Crippen LogP contribution in [0.3, 0.4) is 0 Å². The maximum Gasteiger partial charge on any atom is 0.0993 e. The zero-order chi connectivity index (χ0) is 13.6. The summed E-state index contributed by atoms with van der Waals surface area (Å²) in [6.07, 6.45) is 0. The van der Waals surface area contributed by atoms with Crippen LogP contribution in [0.25, 0.3) is 0 Å². The largest absolute Gasteiger partial charge is 0.373 e. The summed E-state index contributed by atoms with van der Waals surface area (Å²) in [4.78, 5) is 0. The first-order valence-corrected chi connectivity index (χ1v) is 7.79. The zero-order valence-electron chi connectivity index (χ0n) is 11.7. The third-order valence-electron chi connectivity index (χ3n) is 2.68. The second-order valence-electron chi connectivity index (χ2n) is 5.54. The zero-order valence-corrected chi connectivity index (χ0v) is 13.9.